The van der Waals surface area contributed by atoms with Gasteiger partial charge < -0.3 is 10.2 Å². The normalized spacial score (nSPS) is 21.5. The van der Waals surface area contributed by atoms with Crippen LogP contribution in [0.4, 0.5) is 19.3 Å². The monoisotopic (exact) mass is 542 g/mol. The Bertz CT molecular complexity index is 1360. The van der Waals surface area contributed by atoms with Gasteiger partial charge in [0.25, 0.3) is 0 Å². The Kier molecular flexibility index (Phi) is 7.45. The molecule has 1 aliphatic rings. The van der Waals surface area contributed by atoms with Crippen molar-refractivity contribution >= 4 is 34.9 Å². The van der Waals surface area contributed by atoms with Crippen molar-refractivity contribution in [2.24, 2.45) is 11.3 Å². The highest BCUT2D eigenvalue weighted by molar-refractivity contribution is 6.31. The van der Waals surface area contributed by atoms with E-state index in [2.05, 4.69) is 16.4 Å². The van der Waals surface area contributed by atoms with Crippen molar-refractivity contribution in [2.45, 2.75) is 38.6 Å². The zero-order chi connectivity index (χ0) is 27.0. The lowest BCUT2D eigenvalue weighted by Gasteiger charge is -2.38. The van der Waals surface area contributed by atoms with Gasteiger partial charge in [-0.3, -0.25) is 4.98 Å². The second kappa shape index (κ2) is 10.3. The summed E-state index contributed by atoms with van der Waals surface area (Å²) in [6.45, 7) is 6.08. The summed E-state index contributed by atoms with van der Waals surface area (Å²) in [6, 6.07) is 12.4. The highest BCUT2D eigenvalue weighted by Gasteiger charge is 2.60. The second-order valence-electron chi connectivity index (χ2n) is 10.4. The smallest absolute Gasteiger partial charge is 0.315 e. The van der Waals surface area contributed by atoms with Crippen LogP contribution in [0.25, 0.3) is 0 Å². The molecule has 37 heavy (non-hydrogen) atoms. The number of aromatic nitrogens is 1. The van der Waals surface area contributed by atoms with E-state index in [-0.39, 0.29) is 33.1 Å². The van der Waals surface area contributed by atoms with Gasteiger partial charge in [0.05, 0.1) is 29.0 Å². The molecule has 1 aliphatic heterocycles. The van der Waals surface area contributed by atoms with Crippen molar-refractivity contribution in [3.8, 4) is 6.07 Å². The van der Waals surface area contributed by atoms with Crippen molar-refractivity contribution < 1.29 is 13.6 Å². The van der Waals surface area contributed by atoms with Crippen LogP contribution in [0.3, 0.4) is 0 Å². The summed E-state index contributed by atoms with van der Waals surface area (Å²) >= 11 is 12.2. The third kappa shape index (κ3) is 5.14. The van der Waals surface area contributed by atoms with Gasteiger partial charge >= 0.3 is 6.03 Å². The molecule has 3 atom stereocenters. The number of amides is 2. The summed E-state index contributed by atoms with van der Waals surface area (Å²) in [4.78, 5) is 19.1. The highest BCUT2D eigenvalue weighted by Crippen LogP contribution is 2.56. The van der Waals surface area contributed by atoms with E-state index < -0.39 is 35.0 Å². The lowest BCUT2D eigenvalue weighted by Crippen LogP contribution is -2.42. The van der Waals surface area contributed by atoms with Crippen LogP contribution in [0.5, 0.6) is 0 Å². The molecule has 0 saturated carbocycles. The third-order valence-corrected chi connectivity index (χ3v) is 7.20. The van der Waals surface area contributed by atoms with Gasteiger partial charge in [-0.2, -0.15) is 5.26 Å². The van der Waals surface area contributed by atoms with E-state index in [0.717, 1.165) is 6.07 Å². The second-order valence-corrected chi connectivity index (χ2v) is 11.3. The Balaban J connectivity index is 1.98. The van der Waals surface area contributed by atoms with Crippen LogP contribution < -0.4 is 5.32 Å². The van der Waals surface area contributed by atoms with Crippen LogP contribution in [0, 0.1) is 34.3 Å². The molecule has 2 aromatic carbocycles. The number of rotatable bonds is 4. The average Bonchev–Trinajstić information content (AvgIpc) is 3.14. The Morgan fingerprint density at radius 2 is 1.97 bits per heavy atom. The van der Waals surface area contributed by atoms with Gasteiger partial charge in [0.1, 0.15) is 17.0 Å². The maximum atomic E-state index is 15.6. The number of likely N-dealkylation sites (tertiary alicyclic amines) is 1. The van der Waals surface area contributed by atoms with Crippen LogP contribution >= 0.6 is 23.2 Å². The molecular formula is C28H26Cl2F2N4O. The minimum atomic E-state index is -1.64. The van der Waals surface area contributed by atoms with Crippen LogP contribution in [-0.2, 0) is 5.41 Å². The van der Waals surface area contributed by atoms with Gasteiger partial charge in [0, 0.05) is 34.8 Å². The van der Waals surface area contributed by atoms with E-state index >= 15 is 8.78 Å². The standard InChI is InChI=1S/C28H26Cl2F2N4O/c1-27(2,3)13-17-15-36(26(37)35-19-6-5-11-34-14-19)25(20-7-4-8-22(30)24(20)32)28(17,16-33)21-10-9-18(29)12-23(21)31/h4-12,14,17,25H,13,15H2,1-3H3,(H,35,37). The first-order valence-electron chi connectivity index (χ1n) is 11.8. The quantitative estimate of drug-likeness (QED) is 0.366. The molecule has 0 aliphatic carbocycles. The van der Waals surface area contributed by atoms with Crippen LogP contribution in [0.1, 0.15) is 44.4 Å². The average molecular weight is 543 g/mol. The topological polar surface area (TPSA) is 69.0 Å². The molecule has 192 valence electrons. The molecule has 1 aromatic heterocycles. The zero-order valence-corrected chi connectivity index (χ0v) is 22.1. The molecule has 5 nitrogen and oxygen atoms in total. The number of nitrogens with zero attached hydrogens (tertiary/aromatic N) is 3. The number of nitrogens with one attached hydrogen (secondary N) is 1. The van der Waals surface area contributed by atoms with Crippen molar-refractivity contribution in [1.82, 2.24) is 9.88 Å². The fourth-order valence-corrected chi connectivity index (χ4v) is 5.64. The number of halogens is 4. The Morgan fingerprint density at radius 3 is 2.59 bits per heavy atom. The summed E-state index contributed by atoms with van der Waals surface area (Å²) in [5.41, 5.74) is -1.42. The third-order valence-electron chi connectivity index (χ3n) is 6.67. The van der Waals surface area contributed by atoms with Crippen molar-refractivity contribution in [2.75, 3.05) is 11.9 Å². The first kappa shape index (κ1) is 26.8. The number of benzene rings is 2. The number of carbonyl (C=O) groups is 1. The first-order chi connectivity index (χ1) is 17.5. The SMILES string of the molecule is CC(C)(C)CC1CN(C(=O)Nc2cccnc2)C(c2cccc(Cl)c2F)C1(C#N)c1ccc(Cl)cc1F. The first-order valence-corrected chi connectivity index (χ1v) is 12.5. The minimum absolute atomic E-state index is 0.0288. The highest BCUT2D eigenvalue weighted by atomic mass is 35.5. The molecule has 0 radical (unpaired) electrons. The lowest BCUT2D eigenvalue weighted by atomic mass is 9.63. The molecule has 4 rings (SSSR count). The summed E-state index contributed by atoms with van der Waals surface area (Å²) in [5.74, 6) is -2.01. The summed E-state index contributed by atoms with van der Waals surface area (Å²) in [5, 5.41) is 13.6. The van der Waals surface area contributed by atoms with E-state index in [0.29, 0.717) is 12.1 Å². The van der Waals surface area contributed by atoms with E-state index in [1.54, 1.807) is 24.4 Å². The lowest BCUT2D eigenvalue weighted by molar-refractivity contribution is 0.198. The number of urea groups is 1. The molecule has 1 N–H and O–H groups in total. The number of pyridine rings is 1. The van der Waals surface area contributed by atoms with Gasteiger partial charge in [-0.1, -0.05) is 62.2 Å². The zero-order valence-electron chi connectivity index (χ0n) is 20.6. The van der Waals surface area contributed by atoms with Gasteiger partial charge in [-0.25, -0.2) is 13.6 Å². The maximum absolute atomic E-state index is 15.6. The largest absolute Gasteiger partial charge is 0.322 e. The molecule has 0 bridgehead atoms. The minimum Gasteiger partial charge on any atom is -0.315 e. The van der Waals surface area contributed by atoms with Crippen LogP contribution in [0.2, 0.25) is 10.0 Å². The van der Waals surface area contributed by atoms with Gasteiger partial charge in [0.15, 0.2) is 0 Å². The Hall–Kier alpha value is -3.21. The molecule has 1 fully saturated rings. The number of hydrogen-bond donors (Lipinski definition) is 1. The van der Waals surface area contributed by atoms with Gasteiger partial charge in [-0.15, -0.1) is 0 Å². The molecule has 9 heteroatoms. The predicted molar refractivity (Wildman–Crippen MR) is 140 cm³/mol. The van der Waals surface area contributed by atoms with Crippen molar-refractivity contribution in [1.29, 1.82) is 5.26 Å². The van der Waals surface area contributed by atoms with Crippen LogP contribution in [-0.4, -0.2) is 22.5 Å². The van der Waals surface area contributed by atoms with Gasteiger partial charge in [-0.05, 0) is 42.2 Å². The fraction of sp³-hybridized carbons (Fsp3) is 0.321. The summed E-state index contributed by atoms with van der Waals surface area (Å²) in [7, 11) is 0. The molecule has 1 saturated heterocycles. The number of anilines is 1. The van der Waals surface area contributed by atoms with E-state index in [1.807, 2.05) is 20.8 Å². The van der Waals surface area contributed by atoms with Crippen molar-refractivity contribution in [3.63, 3.8) is 0 Å². The summed E-state index contributed by atoms with van der Waals surface area (Å²) in [6.07, 6.45) is 3.50. The number of nitriles is 1. The maximum Gasteiger partial charge on any atom is 0.322 e. The fourth-order valence-electron chi connectivity index (χ4n) is 5.30. The van der Waals surface area contributed by atoms with Gasteiger partial charge in [0.2, 0.25) is 0 Å². The Labute approximate surface area is 225 Å². The number of carbonyl (C=O) groups excluding carboxylic acids is 1. The Morgan fingerprint density at radius 1 is 1.22 bits per heavy atom. The molecule has 2 amide bonds. The van der Waals surface area contributed by atoms with E-state index in [9.17, 15) is 10.1 Å². The summed E-state index contributed by atoms with van der Waals surface area (Å²) < 4.78 is 31.2. The molecule has 3 unspecified atom stereocenters. The van der Waals surface area contributed by atoms with Crippen LogP contribution in [0.15, 0.2) is 60.9 Å². The predicted octanol–water partition coefficient (Wildman–Crippen LogP) is 7.77. The van der Waals surface area contributed by atoms with E-state index in [1.165, 1.54) is 35.4 Å². The molecular weight excluding hydrogens is 517 g/mol. The number of hydrogen-bond acceptors (Lipinski definition) is 3. The van der Waals surface area contributed by atoms with Crippen molar-refractivity contribution in [3.05, 3.63) is 93.7 Å². The molecule has 2 heterocycles. The molecule has 3 aromatic rings. The molecule has 0 spiro atoms. The van der Waals surface area contributed by atoms with E-state index in [4.69, 9.17) is 23.2 Å².